The highest BCUT2D eigenvalue weighted by Gasteiger charge is 2.21. The number of hydrazone groups is 1. The molecule has 0 radical (unpaired) electrons. The van der Waals surface area contributed by atoms with E-state index in [9.17, 15) is 9.18 Å². The lowest BCUT2D eigenvalue weighted by Gasteiger charge is -2.15. The molecule has 168 valence electrons. The SMILES string of the molecule is COc1ccc(/C=N/N(C(=O)COc2ccc(Cl)cc2Cl)c2nc3ccc(F)cc3s2)cc1. The van der Waals surface area contributed by atoms with Crippen LogP contribution < -0.4 is 14.5 Å². The number of rotatable bonds is 7. The van der Waals surface area contributed by atoms with Gasteiger partial charge in [0.2, 0.25) is 5.13 Å². The molecule has 0 fully saturated rings. The summed E-state index contributed by atoms with van der Waals surface area (Å²) < 4.78 is 24.9. The van der Waals surface area contributed by atoms with E-state index >= 15 is 0 Å². The molecule has 1 aromatic heterocycles. The normalized spacial score (nSPS) is 11.2. The van der Waals surface area contributed by atoms with E-state index in [0.29, 0.717) is 26.7 Å². The molecule has 3 aromatic carbocycles. The standard InChI is InChI=1S/C23H16Cl2FN3O3S/c1-31-17-6-2-14(3-7-17)12-27-29(23-28-19-8-5-16(26)11-21(19)33-23)22(30)13-32-20-9-4-15(24)10-18(20)25/h2-12H,13H2,1H3/b27-12+. The molecule has 0 aliphatic rings. The first-order chi connectivity index (χ1) is 15.9. The van der Waals surface area contributed by atoms with Crippen LogP contribution in [0.15, 0.2) is 65.8 Å². The van der Waals surface area contributed by atoms with E-state index in [2.05, 4.69) is 10.1 Å². The van der Waals surface area contributed by atoms with Crippen molar-refractivity contribution >= 4 is 62.0 Å². The van der Waals surface area contributed by atoms with Crippen molar-refractivity contribution in [3.8, 4) is 11.5 Å². The number of amides is 1. The van der Waals surface area contributed by atoms with Gasteiger partial charge in [0.05, 0.1) is 28.6 Å². The molecular weight excluding hydrogens is 488 g/mol. The third kappa shape index (κ3) is 5.60. The fourth-order valence-corrected chi connectivity index (χ4v) is 4.23. The van der Waals surface area contributed by atoms with Gasteiger partial charge in [-0.2, -0.15) is 10.1 Å². The van der Waals surface area contributed by atoms with Crippen LogP contribution in [0.25, 0.3) is 10.2 Å². The molecule has 0 saturated carbocycles. The highest BCUT2D eigenvalue weighted by atomic mass is 35.5. The lowest BCUT2D eigenvalue weighted by molar-refractivity contribution is -0.120. The fraction of sp³-hybridized carbons (Fsp3) is 0.0870. The average molecular weight is 504 g/mol. The van der Waals surface area contributed by atoms with E-state index in [0.717, 1.165) is 21.9 Å². The van der Waals surface area contributed by atoms with Crippen LogP contribution in [0.4, 0.5) is 9.52 Å². The van der Waals surface area contributed by atoms with E-state index in [1.54, 1.807) is 49.6 Å². The minimum atomic E-state index is -0.495. The first-order valence-corrected chi connectivity index (χ1v) is 11.1. The van der Waals surface area contributed by atoms with Crippen LogP contribution in [-0.4, -0.2) is 30.8 Å². The summed E-state index contributed by atoms with van der Waals surface area (Å²) in [6, 6.07) is 16.1. The average Bonchev–Trinajstić information content (AvgIpc) is 3.21. The van der Waals surface area contributed by atoms with Crippen LogP contribution in [0, 0.1) is 5.82 Å². The zero-order valence-electron chi connectivity index (χ0n) is 17.2. The molecule has 0 atom stereocenters. The number of aromatic nitrogens is 1. The van der Waals surface area contributed by atoms with E-state index in [-0.39, 0.29) is 16.8 Å². The van der Waals surface area contributed by atoms with Gasteiger partial charge in [-0.05, 0) is 66.2 Å². The van der Waals surface area contributed by atoms with Gasteiger partial charge in [0.25, 0.3) is 5.91 Å². The Kier molecular flexibility index (Phi) is 7.08. The molecule has 4 rings (SSSR count). The Morgan fingerprint density at radius 3 is 2.67 bits per heavy atom. The number of methoxy groups -OCH3 is 1. The first kappa shape index (κ1) is 23.0. The van der Waals surface area contributed by atoms with E-state index in [1.165, 1.54) is 24.4 Å². The van der Waals surface area contributed by atoms with Crippen LogP contribution in [0.3, 0.4) is 0 Å². The second-order valence-electron chi connectivity index (χ2n) is 6.70. The third-order valence-electron chi connectivity index (χ3n) is 4.44. The zero-order valence-corrected chi connectivity index (χ0v) is 19.5. The lowest BCUT2D eigenvalue weighted by atomic mass is 10.2. The van der Waals surface area contributed by atoms with E-state index in [1.807, 2.05) is 0 Å². The summed E-state index contributed by atoms with van der Waals surface area (Å²) in [5.41, 5.74) is 1.29. The number of anilines is 1. The predicted octanol–water partition coefficient (Wildman–Crippen LogP) is 6.20. The van der Waals surface area contributed by atoms with Crippen molar-refractivity contribution in [2.45, 2.75) is 0 Å². The topological polar surface area (TPSA) is 64.0 Å². The monoisotopic (exact) mass is 503 g/mol. The van der Waals surface area contributed by atoms with Gasteiger partial charge in [-0.1, -0.05) is 34.5 Å². The summed E-state index contributed by atoms with van der Waals surface area (Å²) in [7, 11) is 1.58. The maximum atomic E-state index is 13.6. The Bertz CT molecular complexity index is 1330. The molecule has 33 heavy (non-hydrogen) atoms. The maximum Gasteiger partial charge on any atom is 0.287 e. The molecule has 0 aliphatic heterocycles. The van der Waals surface area contributed by atoms with Crippen molar-refractivity contribution in [2.75, 3.05) is 18.7 Å². The smallest absolute Gasteiger partial charge is 0.287 e. The van der Waals surface area contributed by atoms with Gasteiger partial charge in [-0.25, -0.2) is 9.37 Å². The second-order valence-corrected chi connectivity index (χ2v) is 8.55. The van der Waals surface area contributed by atoms with E-state index in [4.69, 9.17) is 32.7 Å². The third-order valence-corrected chi connectivity index (χ3v) is 5.96. The quantitative estimate of drug-likeness (QED) is 0.222. The number of halogens is 3. The Morgan fingerprint density at radius 2 is 1.94 bits per heavy atom. The van der Waals surface area contributed by atoms with Crippen molar-refractivity contribution in [3.63, 3.8) is 0 Å². The number of benzene rings is 3. The minimum Gasteiger partial charge on any atom is -0.497 e. The number of hydrogen-bond acceptors (Lipinski definition) is 6. The molecule has 0 bridgehead atoms. The number of carbonyl (C=O) groups is 1. The summed E-state index contributed by atoms with van der Waals surface area (Å²) in [5, 5.41) is 6.45. The van der Waals surface area contributed by atoms with Gasteiger partial charge < -0.3 is 9.47 Å². The highest BCUT2D eigenvalue weighted by molar-refractivity contribution is 7.22. The summed E-state index contributed by atoms with van der Waals surface area (Å²) in [6.07, 6.45) is 1.51. The summed E-state index contributed by atoms with van der Waals surface area (Å²) in [4.78, 5) is 17.5. The van der Waals surface area contributed by atoms with Gasteiger partial charge in [0, 0.05) is 5.02 Å². The first-order valence-electron chi connectivity index (χ1n) is 9.58. The lowest BCUT2D eigenvalue weighted by Crippen LogP contribution is -2.30. The number of fused-ring (bicyclic) bond motifs is 1. The van der Waals surface area contributed by atoms with Crippen LogP contribution in [-0.2, 0) is 4.79 Å². The molecule has 0 saturated heterocycles. The molecule has 4 aromatic rings. The Morgan fingerprint density at radius 1 is 1.15 bits per heavy atom. The van der Waals surface area contributed by atoms with Crippen LogP contribution in [0.5, 0.6) is 11.5 Å². The zero-order chi connectivity index (χ0) is 23.4. The summed E-state index contributed by atoms with van der Waals surface area (Å²) >= 11 is 13.2. The van der Waals surface area contributed by atoms with Gasteiger partial charge in [0.15, 0.2) is 6.61 Å². The molecule has 1 amide bonds. The van der Waals surface area contributed by atoms with Crippen molar-refractivity contribution < 1.29 is 18.7 Å². The molecule has 10 heteroatoms. The van der Waals surface area contributed by atoms with Gasteiger partial charge in [-0.15, -0.1) is 0 Å². The predicted molar refractivity (Wildman–Crippen MR) is 130 cm³/mol. The number of thiazole rings is 1. The minimum absolute atomic E-state index is 0.274. The number of nitrogens with zero attached hydrogens (tertiary/aromatic N) is 3. The molecule has 0 spiro atoms. The molecule has 0 N–H and O–H groups in total. The summed E-state index contributed by atoms with van der Waals surface area (Å²) in [5.74, 6) is 0.115. The molecule has 6 nitrogen and oxygen atoms in total. The molecule has 0 unspecified atom stereocenters. The maximum absolute atomic E-state index is 13.6. The van der Waals surface area contributed by atoms with Crippen LogP contribution in [0.1, 0.15) is 5.56 Å². The van der Waals surface area contributed by atoms with Crippen molar-refractivity contribution in [3.05, 3.63) is 82.1 Å². The van der Waals surface area contributed by atoms with Gasteiger partial charge in [0.1, 0.15) is 17.3 Å². The largest absolute Gasteiger partial charge is 0.497 e. The van der Waals surface area contributed by atoms with Crippen LogP contribution in [0.2, 0.25) is 10.0 Å². The van der Waals surface area contributed by atoms with Gasteiger partial charge >= 0.3 is 0 Å². The highest BCUT2D eigenvalue weighted by Crippen LogP contribution is 2.31. The van der Waals surface area contributed by atoms with Gasteiger partial charge in [-0.3, -0.25) is 4.79 Å². The van der Waals surface area contributed by atoms with Crippen molar-refractivity contribution in [1.29, 1.82) is 0 Å². The Hall–Kier alpha value is -3.20. The fourth-order valence-electron chi connectivity index (χ4n) is 2.80. The number of hydrogen-bond donors (Lipinski definition) is 0. The Balaban J connectivity index is 1.61. The number of carbonyl (C=O) groups excluding carboxylic acids is 1. The summed E-state index contributed by atoms with van der Waals surface area (Å²) in [6.45, 7) is -0.356. The van der Waals surface area contributed by atoms with E-state index < -0.39 is 11.7 Å². The van der Waals surface area contributed by atoms with Crippen LogP contribution >= 0.6 is 34.5 Å². The Labute approximate surface area is 202 Å². The molecule has 0 aliphatic carbocycles. The van der Waals surface area contributed by atoms with Crippen molar-refractivity contribution in [1.82, 2.24) is 4.98 Å². The van der Waals surface area contributed by atoms with Crippen molar-refractivity contribution in [2.24, 2.45) is 5.10 Å². The molecular formula is C23H16Cl2FN3O3S. The molecule has 1 heterocycles. The number of ether oxygens (including phenoxy) is 2. The second kappa shape index (κ2) is 10.2.